The van der Waals surface area contributed by atoms with Crippen LogP contribution in [0.1, 0.15) is 13.8 Å². The van der Waals surface area contributed by atoms with Crippen LogP contribution in [0.5, 0.6) is 0 Å². The van der Waals surface area contributed by atoms with Crippen LogP contribution in [0.4, 0.5) is 0 Å². The van der Waals surface area contributed by atoms with E-state index in [9.17, 15) is 0 Å². The summed E-state index contributed by atoms with van der Waals surface area (Å²) in [6, 6.07) is 0. The minimum absolute atomic E-state index is 0.119. The number of nitrogens with zero attached hydrogens (tertiary/aromatic N) is 1. The Kier molecular flexibility index (Phi) is 2.08. The molecule has 1 rings (SSSR count). The van der Waals surface area contributed by atoms with Gasteiger partial charge in [0.15, 0.2) is 0 Å². The van der Waals surface area contributed by atoms with Crippen LogP contribution in [0.2, 0.25) is 0 Å². The van der Waals surface area contributed by atoms with Crippen molar-refractivity contribution in [1.82, 2.24) is 0 Å². The van der Waals surface area contributed by atoms with Gasteiger partial charge in [-0.05, 0) is 12.2 Å². The van der Waals surface area contributed by atoms with Gasteiger partial charge in [-0.1, -0.05) is 32.6 Å². The highest BCUT2D eigenvalue weighted by Gasteiger charge is 2.09. The first-order valence-electron chi connectivity index (χ1n) is 3.71. The molecule has 58 valence electrons. The summed E-state index contributed by atoms with van der Waals surface area (Å²) in [5.74, 6) is 0. The Hall–Kier alpha value is -1.11. The first kappa shape index (κ1) is 7.99. The largest absolute Gasteiger partial charge is 0.257 e. The Morgan fingerprint density at radius 1 is 1.45 bits per heavy atom. The van der Waals surface area contributed by atoms with Crippen molar-refractivity contribution in [3.8, 4) is 0 Å². The van der Waals surface area contributed by atoms with E-state index in [2.05, 4.69) is 37.6 Å². The Bertz CT molecular complexity index is 242. The van der Waals surface area contributed by atoms with Crippen LogP contribution < -0.4 is 0 Å². The first-order chi connectivity index (χ1) is 5.14. The van der Waals surface area contributed by atoms with Crippen molar-refractivity contribution in [3.05, 3.63) is 37.1 Å². The van der Waals surface area contributed by atoms with E-state index in [-0.39, 0.29) is 5.41 Å². The quantitative estimate of drug-likeness (QED) is 0.540. The second-order valence-corrected chi connectivity index (χ2v) is 3.23. The molecule has 0 saturated heterocycles. The van der Waals surface area contributed by atoms with Crippen LogP contribution in [-0.4, -0.2) is 5.71 Å². The van der Waals surface area contributed by atoms with Crippen molar-refractivity contribution in [2.24, 2.45) is 10.4 Å². The Labute approximate surface area is 67.8 Å². The molecule has 1 heterocycles. The van der Waals surface area contributed by atoms with Crippen molar-refractivity contribution in [1.29, 1.82) is 0 Å². The van der Waals surface area contributed by atoms with Gasteiger partial charge in [-0.2, -0.15) is 0 Å². The monoisotopic (exact) mass is 147 g/mol. The van der Waals surface area contributed by atoms with Gasteiger partial charge in [-0.3, -0.25) is 4.99 Å². The van der Waals surface area contributed by atoms with Crippen LogP contribution >= 0.6 is 0 Å². The third-order valence-electron chi connectivity index (χ3n) is 1.62. The number of hydrogen-bond acceptors (Lipinski definition) is 1. The van der Waals surface area contributed by atoms with E-state index in [1.807, 2.05) is 12.3 Å². The molecule has 11 heavy (non-hydrogen) atoms. The second kappa shape index (κ2) is 2.87. The van der Waals surface area contributed by atoms with E-state index in [0.29, 0.717) is 0 Å². The molecule has 0 spiro atoms. The SMILES string of the molecule is C=CC1=NC=CC(C)(C)C=C1. The normalized spacial score (nSPS) is 20.7. The van der Waals surface area contributed by atoms with Gasteiger partial charge >= 0.3 is 0 Å². The summed E-state index contributed by atoms with van der Waals surface area (Å²) >= 11 is 0. The van der Waals surface area contributed by atoms with Crippen molar-refractivity contribution >= 4 is 5.71 Å². The Morgan fingerprint density at radius 2 is 2.18 bits per heavy atom. The van der Waals surface area contributed by atoms with E-state index in [4.69, 9.17) is 0 Å². The molecule has 1 heteroatoms. The first-order valence-corrected chi connectivity index (χ1v) is 3.71. The van der Waals surface area contributed by atoms with Gasteiger partial charge in [0.2, 0.25) is 0 Å². The molecule has 1 nitrogen and oxygen atoms in total. The molecule has 0 saturated carbocycles. The lowest BCUT2D eigenvalue weighted by Crippen LogP contribution is -2.01. The zero-order valence-corrected chi connectivity index (χ0v) is 7.04. The molecule has 0 unspecified atom stereocenters. The van der Waals surface area contributed by atoms with Crippen LogP contribution in [0.15, 0.2) is 42.1 Å². The molecule has 0 aromatic carbocycles. The maximum Gasteiger partial charge on any atom is 0.0620 e. The van der Waals surface area contributed by atoms with Gasteiger partial charge in [0, 0.05) is 11.6 Å². The molecule has 0 atom stereocenters. The number of aliphatic imine (C=N–C) groups is 1. The summed E-state index contributed by atoms with van der Waals surface area (Å²) in [6.45, 7) is 7.94. The van der Waals surface area contributed by atoms with Crippen LogP contribution in [0.25, 0.3) is 0 Å². The van der Waals surface area contributed by atoms with E-state index in [1.54, 1.807) is 6.08 Å². The van der Waals surface area contributed by atoms with Crippen molar-refractivity contribution < 1.29 is 0 Å². The Morgan fingerprint density at radius 3 is 2.82 bits per heavy atom. The zero-order chi connectivity index (χ0) is 8.32. The van der Waals surface area contributed by atoms with Gasteiger partial charge < -0.3 is 0 Å². The lowest BCUT2D eigenvalue weighted by atomic mass is 9.93. The van der Waals surface area contributed by atoms with E-state index in [0.717, 1.165) is 5.71 Å². The molecule has 0 bridgehead atoms. The Balaban J connectivity index is 2.91. The number of hydrogen-bond donors (Lipinski definition) is 0. The second-order valence-electron chi connectivity index (χ2n) is 3.23. The molecule has 0 radical (unpaired) electrons. The van der Waals surface area contributed by atoms with Gasteiger partial charge in [0.05, 0.1) is 5.71 Å². The molecule has 1 aliphatic rings. The maximum atomic E-state index is 4.17. The molecule has 0 amide bonds. The maximum absolute atomic E-state index is 4.17. The lowest BCUT2D eigenvalue weighted by molar-refractivity contribution is 0.626. The van der Waals surface area contributed by atoms with Gasteiger partial charge in [0.1, 0.15) is 0 Å². The fourth-order valence-electron chi connectivity index (χ4n) is 0.835. The van der Waals surface area contributed by atoms with Crippen LogP contribution in [0, 0.1) is 5.41 Å². The summed E-state index contributed by atoms with van der Waals surface area (Å²) in [5, 5.41) is 0. The molecular formula is C10H13N. The summed E-state index contributed by atoms with van der Waals surface area (Å²) in [4.78, 5) is 4.17. The molecular weight excluding hydrogens is 134 g/mol. The highest BCUT2D eigenvalue weighted by atomic mass is 14.7. The van der Waals surface area contributed by atoms with Gasteiger partial charge in [-0.25, -0.2) is 0 Å². The van der Waals surface area contributed by atoms with E-state index < -0.39 is 0 Å². The highest BCUT2D eigenvalue weighted by molar-refractivity contribution is 6.04. The predicted octanol–water partition coefficient (Wildman–Crippen LogP) is 2.72. The fraction of sp³-hybridized carbons (Fsp3) is 0.300. The van der Waals surface area contributed by atoms with Gasteiger partial charge in [0.25, 0.3) is 0 Å². The van der Waals surface area contributed by atoms with Crippen molar-refractivity contribution in [3.63, 3.8) is 0 Å². The molecule has 1 aliphatic heterocycles. The summed E-state index contributed by atoms with van der Waals surface area (Å²) < 4.78 is 0. The topological polar surface area (TPSA) is 12.4 Å². The zero-order valence-electron chi connectivity index (χ0n) is 7.04. The fourth-order valence-corrected chi connectivity index (χ4v) is 0.835. The molecule has 0 aromatic rings. The molecule has 0 aliphatic carbocycles. The van der Waals surface area contributed by atoms with E-state index >= 15 is 0 Å². The minimum Gasteiger partial charge on any atom is -0.257 e. The smallest absolute Gasteiger partial charge is 0.0620 e. The third kappa shape index (κ3) is 2.19. The summed E-state index contributed by atoms with van der Waals surface area (Å²) in [6.07, 6.45) is 9.77. The lowest BCUT2D eigenvalue weighted by Gasteiger charge is -2.11. The van der Waals surface area contributed by atoms with E-state index in [1.165, 1.54) is 0 Å². The highest BCUT2D eigenvalue weighted by Crippen LogP contribution is 2.20. The minimum atomic E-state index is 0.119. The third-order valence-corrected chi connectivity index (χ3v) is 1.62. The molecule has 0 fully saturated rings. The average Bonchev–Trinajstić information content (AvgIpc) is 2.10. The molecule has 0 aromatic heterocycles. The van der Waals surface area contributed by atoms with Crippen molar-refractivity contribution in [2.45, 2.75) is 13.8 Å². The predicted molar refractivity (Wildman–Crippen MR) is 49.7 cm³/mol. The standard InChI is InChI=1S/C10H13N/c1-4-9-5-6-10(2,3)7-8-11-9/h4-8H,1H2,2-3H3. The average molecular weight is 147 g/mol. The molecule has 0 N–H and O–H groups in total. The number of rotatable bonds is 1. The van der Waals surface area contributed by atoms with Crippen molar-refractivity contribution in [2.75, 3.05) is 0 Å². The number of allylic oxidation sites excluding steroid dienone is 4. The van der Waals surface area contributed by atoms with Crippen LogP contribution in [0.3, 0.4) is 0 Å². The van der Waals surface area contributed by atoms with Gasteiger partial charge in [-0.15, -0.1) is 0 Å². The summed E-state index contributed by atoms with van der Waals surface area (Å²) in [7, 11) is 0. The van der Waals surface area contributed by atoms with Crippen LogP contribution in [-0.2, 0) is 0 Å². The summed E-state index contributed by atoms with van der Waals surface area (Å²) in [5.41, 5.74) is 1.04.